The molecular formula is C11H13ClN2O. The van der Waals surface area contributed by atoms with E-state index < -0.39 is 0 Å². The molecule has 1 aliphatic heterocycles. The Hall–Kier alpha value is -1.06. The zero-order valence-electron chi connectivity index (χ0n) is 8.32. The standard InChI is InChI=1S/C11H13ClN2O/c12-9-3-1-8(2-4-9)5-10-7-15-11(6-13)14-10/h1-4,10H,5-7,13H2. The lowest BCUT2D eigenvalue weighted by atomic mass is 10.1. The SMILES string of the molecule is NCC1=NC(Cc2ccc(Cl)cc2)CO1. The molecule has 0 bridgehead atoms. The van der Waals surface area contributed by atoms with E-state index in [1.54, 1.807) is 0 Å². The molecule has 4 heteroatoms. The Morgan fingerprint density at radius 2 is 2.13 bits per heavy atom. The number of nitrogens with two attached hydrogens (primary N) is 1. The zero-order chi connectivity index (χ0) is 10.7. The van der Waals surface area contributed by atoms with Gasteiger partial charge in [0, 0.05) is 5.02 Å². The van der Waals surface area contributed by atoms with E-state index in [0.29, 0.717) is 19.0 Å². The zero-order valence-corrected chi connectivity index (χ0v) is 9.07. The van der Waals surface area contributed by atoms with Crippen LogP contribution in [0.3, 0.4) is 0 Å². The third-order valence-electron chi connectivity index (χ3n) is 2.33. The number of aliphatic imine (C=N–C) groups is 1. The van der Waals surface area contributed by atoms with E-state index >= 15 is 0 Å². The lowest BCUT2D eigenvalue weighted by Crippen LogP contribution is -2.13. The maximum Gasteiger partial charge on any atom is 0.197 e. The van der Waals surface area contributed by atoms with Crippen LogP contribution in [0.4, 0.5) is 0 Å². The topological polar surface area (TPSA) is 47.6 Å². The molecule has 1 aromatic carbocycles. The first-order valence-corrected chi connectivity index (χ1v) is 5.29. The van der Waals surface area contributed by atoms with Gasteiger partial charge in [-0.2, -0.15) is 0 Å². The summed E-state index contributed by atoms with van der Waals surface area (Å²) in [5.41, 5.74) is 6.65. The van der Waals surface area contributed by atoms with Gasteiger partial charge in [-0.25, -0.2) is 4.99 Å². The predicted molar refractivity (Wildman–Crippen MR) is 61.4 cm³/mol. The number of benzene rings is 1. The summed E-state index contributed by atoms with van der Waals surface area (Å²) in [6.07, 6.45) is 0.876. The Morgan fingerprint density at radius 1 is 1.40 bits per heavy atom. The van der Waals surface area contributed by atoms with Crippen LogP contribution in [0.25, 0.3) is 0 Å². The molecule has 1 atom stereocenters. The van der Waals surface area contributed by atoms with Gasteiger partial charge in [0.1, 0.15) is 6.61 Å². The quantitative estimate of drug-likeness (QED) is 0.849. The van der Waals surface area contributed by atoms with Crippen LogP contribution in [-0.4, -0.2) is 25.1 Å². The Kier molecular flexibility index (Phi) is 3.23. The first-order valence-electron chi connectivity index (χ1n) is 4.92. The second-order valence-electron chi connectivity index (χ2n) is 3.52. The normalized spacial score (nSPS) is 19.9. The molecule has 0 amide bonds. The second-order valence-corrected chi connectivity index (χ2v) is 3.96. The van der Waals surface area contributed by atoms with Crippen LogP contribution in [0.5, 0.6) is 0 Å². The van der Waals surface area contributed by atoms with Gasteiger partial charge in [-0.15, -0.1) is 0 Å². The van der Waals surface area contributed by atoms with Crippen molar-refractivity contribution >= 4 is 17.5 Å². The highest BCUT2D eigenvalue weighted by atomic mass is 35.5. The molecule has 2 N–H and O–H groups in total. The van der Waals surface area contributed by atoms with Crippen LogP contribution in [0.2, 0.25) is 5.02 Å². The van der Waals surface area contributed by atoms with Gasteiger partial charge < -0.3 is 10.5 Å². The first-order chi connectivity index (χ1) is 7.28. The van der Waals surface area contributed by atoms with Crippen LogP contribution in [0.15, 0.2) is 29.3 Å². The first kappa shape index (κ1) is 10.5. The molecule has 1 aromatic rings. The van der Waals surface area contributed by atoms with E-state index in [2.05, 4.69) is 4.99 Å². The largest absolute Gasteiger partial charge is 0.478 e. The molecule has 0 aliphatic carbocycles. The smallest absolute Gasteiger partial charge is 0.197 e. The van der Waals surface area contributed by atoms with Gasteiger partial charge in [0.25, 0.3) is 0 Å². The minimum atomic E-state index is 0.199. The number of rotatable bonds is 3. The summed E-state index contributed by atoms with van der Waals surface area (Å²) < 4.78 is 5.31. The highest BCUT2D eigenvalue weighted by Gasteiger charge is 2.17. The van der Waals surface area contributed by atoms with Gasteiger partial charge in [0.15, 0.2) is 5.90 Å². The monoisotopic (exact) mass is 224 g/mol. The Morgan fingerprint density at radius 3 is 2.73 bits per heavy atom. The average molecular weight is 225 g/mol. The van der Waals surface area contributed by atoms with Crippen molar-refractivity contribution in [1.82, 2.24) is 0 Å². The molecule has 0 spiro atoms. The maximum absolute atomic E-state index is 5.81. The fourth-order valence-corrected chi connectivity index (χ4v) is 1.71. The van der Waals surface area contributed by atoms with Gasteiger partial charge in [-0.05, 0) is 24.1 Å². The Balaban J connectivity index is 1.98. The lowest BCUT2D eigenvalue weighted by molar-refractivity contribution is 0.312. The van der Waals surface area contributed by atoms with Crippen LogP contribution < -0.4 is 5.73 Å². The number of hydrogen-bond acceptors (Lipinski definition) is 3. The molecule has 0 fully saturated rings. The third-order valence-corrected chi connectivity index (χ3v) is 2.58. The molecule has 0 saturated carbocycles. The van der Waals surface area contributed by atoms with Crippen LogP contribution in [-0.2, 0) is 11.2 Å². The molecule has 0 radical (unpaired) electrons. The molecular weight excluding hydrogens is 212 g/mol. The van der Waals surface area contributed by atoms with Crippen LogP contribution in [0, 0.1) is 0 Å². The summed E-state index contributed by atoms with van der Waals surface area (Å²) in [6, 6.07) is 8.00. The van der Waals surface area contributed by atoms with E-state index in [4.69, 9.17) is 22.1 Å². The molecule has 3 nitrogen and oxygen atoms in total. The van der Waals surface area contributed by atoms with Gasteiger partial charge in [0.2, 0.25) is 0 Å². The van der Waals surface area contributed by atoms with E-state index in [1.165, 1.54) is 5.56 Å². The molecule has 1 aliphatic rings. The van der Waals surface area contributed by atoms with Crippen LogP contribution >= 0.6 is 11.6 Å². The van der Waals surface area contributed by atoms with E-state index in [-0.39, 0.29) is 6.04 Å². The molecule has 2 rings (SSSR count). The summed E-state index contributed by atoms with van der Waals surface area (Å²) in [4.78, 5) is 4.36. The molecule has 15 heavy (non-hydrogen) atoms. The third kappa shape index (κ3) is 2.70. The molecule has 1 unspecified atom stereocenters. The molecule has 0 aromatic heterocycles. The molecule has 80 valence electrons. The summed E-state index contributed by atoms with van der Waals surface area (Å²) >= 11 is 5.81. The highest BCUT2D eigenvalue weighted by molar-refractivity contribution is 6.30. The van der Waals surface area contributed by atoms with Gasteiger partial charge in [0.05, 0.1) is 12.6 Å². The van der Waals surface area contributed by atoms with Gasteiger partial charge >= 0.3 is 0 Å². The number of nitrogens with zero attached hydrogens (tertiary/aromatic N) is 1. The summed E-state index contributed by atoms with van der Waals surface area (Å²) in [5, 5.41) is 0.757. The molecule has 0 saturated heterocycles. The summed E-state index contributed by atoms with van der Waals surface area (Å²) in [5.74, 6) is 0.661. The van der Waals surface area contributed by atoms with Crippen molar-refractivity contribution in [3.8, 4) is 0 Å². The van der Waals surface area contributed by atoms with Crippen molar-refractivity contribution in [2.45, 2.75) is 12.5 Å². The lowest BCUT2D eigenvalue weighted by Gasteiger charge is -2.04. The van der Waals surface area contributed by atoms with Crippen molar-refractivity contribution in [2.75, 3.05) is 13.2 Å². The number of ether oxygens (including phenoxy) is 1. The average Bonchev–Trinajstić information content (AvgIpc) is 2.69. The molecule has 1 heterocycles. The van der Waals surface area contributed by atoms with E-state index in [1.807, 2.05) is 24.3 Å². The second kappa shape index (κ2) is 4.64. The van der Waals surface area contributed by atoms with Crippen molar-refractivity contribution in [3.05, 3.63) is 34.9 Å². The van der Waals surface area contributed by atoms with Crippen molar-refractivity contribution < 1.29 is 4.74 Å². The Labute approximate surface area is 93.9 Å². The van der Waals surface area contributed by atoms with Gasteiger partial charge in [-0.3, -0.25) is 0 Å². The highest BCUT2D eigenvalue weighted by Crippen LogP contribution is 2.14. The van der Waals surface area contributed by atoms with Crippen molar-refractivity contribution in [1.29, 1.82) is 0 Å². The number of halogens is 1. The summed E-state index contributed by atoms with van der Waals surface area (Å²) in [6.45, 7) is 1.02. The van der Waals surface area contributed by atoms with Gasteiger partial charge in [-0.1, -0.05) is 23.7 Å². The maximum atomic E-state index is 5.81. The predicted octanol–water partition coefficient (Wildman–Crippen LogP) is 1.64. The fraction of sp³-hybridized carbons (Fsp3) is 0.364. The summed E-state index contributed by atoms with van der Waals surface area (Å²) in [7, 11) is 0. The van der Waals surface area contributed by atoms with Crippen molar-refractivity contribution in [3.63, 3.8) is 0 Å². The number of hydrogen-bond donors (Lipinski definition) is 1. The van der Waals surface area contributed by atoms with E-state index in [0.717, 1.165) is 11.4 Å². The Bertz CT molecular complexity index is 361. The van der Waals surface area contributed by atoms with E-state index in [9.17, 15) is 0 Å². The minimum absolute atomic E-state index is 0.199. The fourth-order valence-electron chi connectivity index (χ4n) is 1.58. The van der Waals surface area contributed by atoms with Crippen LogP contribution in [0.1, 0.15) is 5.56 Å². The minimum Gasteiger partial charge on any atom is -0.478 e. The van der Waals surface area contributed by atoms with Crippen molar-refractivity contribution in [2.24, 2.45) is 10.7 Å².